The number of carbonyl (C=O) groups excluding carboxylic acids is 3. The van der Waals surface area contributed by atoms with Crippen molar-refractivity contribution in [1.29, 1.82) is 0 Å². The summed E-state index contributed by atoms with van der Waals surface area (Å²) < 4.78 is 20.3. The molecule has 1 aromatic heterocycles. The molecule has 8 nitrogen and oxygen atoms in total. The first-order chi connectivity index (χ1) is 22.2. The third-order valence-corrected chi connectivity index (χ3v) is 13.0. The van der Waals surface area contributed by atoms with Crippen LogP contribution in [0.15, 0.2) is 81.0 Å². The van der Waals surface area contributed by atoms with Gasteiger partial charge in [-0.3, -0.25) is 24.1 Å². The third-order valence-electron chi connectivity index (χ3n) is 9.60. The van der Waals surface area contributed by atoms with Gasteiger partial charge in [-0.15, -0.1) is 11.8 Å². The average molecular weight is 741 g/mol. The largest absolute Gasteiger partial charge is 0.483 e. The second kappa shape index (κ2) is 11.4. The van der Waals surface area contributed by atoms with Crippen molar-refractivity contribution in [3.8, 4) is 5.75 Å². The number of aromatic nitrogens is 1. The van der Waals surface area contributed by atoms with Crippen molar-refractivity contribution in [2.24, 2.45) is 29.6 Å². The molecule has 2 N–H and O–H groups in total. The van der Waals surface area contributed by atoms with Gasteiger partial charge in [0, 0.05) is 36.8 Å². The number of hydrogen-bond donors (Lipinski definition) is 2. The molecule has 3 aromatic carbocycles. The average Bonchev–Trinajstić information content (AvgIpc) is 3.77. The van der Waals surface area contributed by atoms with E-state index in [1.54, 1.807) is 42.1 Å². The smallest absolute Gasteiger partial charge is 0.305 e. The Kier molecular flexibility index (Phi) is 7.39. The van der Waals surface area contributed by atoms with Gasteiger partial charge >= 0.3 is 4.87 Å². The van der Waals surface area contributed by atoms with Crippen molar-refractivity contribution < 1.29 is 23.5 Å². The van der Waals surface area contributed by atoms with Crippen LogP contribution in [0.2, 0.25) is 5.02 Å². The summed E-state index contributed by atoms with van der Waals surface area (Å²) in [5, 5.41) is 3.90. The van der Waals surface area contributed by atoms with E-state index in [1.807, 2.05) is 12.1 Å². The van der Waals surface area contributed by atoms with E-state index in [0.717, 1.165) is 37.7 Å². The van der Waals surface area contributed by atoms with Crippen LogP contribution in [0.3, 0.4) is 0 Å². The molecule has 1 saturated heterocycles. The van der Waals surface area contributed by atoms with Crippen LogP contribution in [0.4, 0.5) is 15.8 Å². The molecule has 3 amide bonds. The number of nitrogens with zero attached hydrogens (tertiary/aromatic N) is 1. The van der Waals surface area contributed by atoms with Gasteiger partial charge < -0.3 is 15.0 Å². The molecular formula is C33H24BrClFN3O5S2. The van der Waals surface area contributed by atoms with E-state index in [1.165, 1.54) is 29.2 Å². The fraction of sp³-hybridized carbons (Fsp3) is 0.273. The first-order valence-corrected chi connectivity index (χ1v) is 17.6. The Morgan fingerprint density at radius 3 is 2.48 bits per heavy atom. The van der Waals surface area contributed by atoms with Crippen molar-refractivity contribution in [2.45, 2.75) is 22.6 Å². The van der Waals surface area contributed by atoms with Crippen LogP contribution in [-0.2, 0) is 14.4 Å². The van der Waals surface area contributed by atoms with Crippen LogP contribution < -0.4 is 19.8 Å². The molecule has 2 bridgehead atoms. The number of imide groups is 1. The van der Waals surface area contributed by atoms with Gasteiger partial charge in [0.1, 0.15) is 11.6 Å². The number of H-pyrrole nitrogens is 1. The fourth-order valence-corrected chi connectivity index (χ4v) is 11.3. The molecule has 13 heteroatoms. The van der Waals surface area contributed by atoms with Crippen molar-refractivity contribution in [3.05, 3.63) is 102 Å². The van der Waals surface area contributed by atoms with Crippen LogP contribution in [0.5, 0.6) is 5.75 Å². The lowest BCUT2D eigenvalue weighted by Gasteiger charge is -2.43. The highest BCUT2D eigenvalue weighted by molar-refractivity contribution is 9.10. The number of ether oxygens (including phenoxy) is 1. The molecule has 0 radical (unpaired) electrons. The lowest BCUT2D eigenvalue weighted by molar-refractivity contribution is -0.123. The number of anilines is 2. The van der Waals surface area contributed by atoms with E-state index >= 15 is 0 Å². The maximum Gasteiger partial charge on any atom is 0.305 e. The number of fused-ring (bicyclic) bond motifs is 9. The van der Waals surface area contributed by atoms with Gasteiger partial charge in [-0.05, 0) is 90.9 Å². The monoisotopic (exact) mass is 739 g/mol. The zero-order valence-electron chi connectivity index (χ0n) is 23.7. The van der Waals surface area contributed by atoms with E-state index in [4.69, 9.17) is 16.3 Å². The van der Waals surface area contributed by atoms with Gasteiger partial charge in [-0.1, -0.05) is 38.9 Å². The summed E-state index contributed by atoms with van der Waals surface area (Å²) in [6.07, 6.45) is 0.732. The van der Waals surface area contributed by atoms with Crippen LogP contribution in [0.25, 0.3) is 0 Å². The summed E-state index contributed by atoms with van der Waals surface area (Å²) in [4.78, 5) is 58.4. The molecule has 2 saturated carbocycles. The summed E-state index contributed by atoms with van der Waals surface area (Å²) in [6.45, 7) is -0.316. The molecule has 2 aliphatic carbocycles. The maximum absolute atomic E-state index is 14.0. The summed E-state index contributed by atoms with van der Waals surface area (Å²) >= 11 is 12.7. The molecule has 4 aromatic rings. The first-order valence-electron chi connectivity index (χ1n) is 14.7. The van der Waals surface area contributed by atoms with Crippen LogP contribution >= 0.6 is 50.6 Å². The molecule has 3 heterocycles. The lowest BCUT2D eigenvalue weighted by atomic mass is 9.68. The lowest BCUT2D eigenvalue weighted by Crippen LogP contribution is -2.42. The predicted molar refractivity (Wildman–Crippen MR) is 177 cm³/mol. The van der Waals surface area contributed by atoms with Crippen molar-refractivity contribution in [1.82, 2.24) is 4.98 Å². The molecular weight excluding hydrogens is 717 g/mol. The normalized spacial score (nSPS) is 27.4. The zero-order chi connectivity index (χ0) is 31.9. The molecule has 4 aliphatic rings. The van der Waals surface area contributed by atoms with E-state index in [0.29, 0.717) is 22.1 Å². The quantitative estimate of drug-likeness (QED) is 0.214. The van der Waals surface area contributed by atoms with Crippen LogP contribution in [0.1, 0.15) is 22.8 Å². The summed E-state index contributed by atoms with van der Waals surface area (Å²) in [5.41, 5.74) is 1.72. The number of carbonyl (C=O) groups is 3. The minimum atomic E-state index is -0.465. The molecule has 0 unspecified atom stereocenters. The Hall–Kier alpha value is -3.45. The van der Waals surface area contributed by atoms with E-state index in [2.05, 4.69) is 26.2 Å². The Balaban J connectivity index is 1.14. The number of nitrogens with one attached hydrogen (secondary N) is 2. The van der Waals surface area contributed by atoms with Gasteiger partial charge in [0.25, 0.3) is 5.91 Å². The number of halogens is 3. The third kappa shape index (κ3) is 4.83. The number of thioether (sulfide) groups is 1. The van der Waals surface area contributed by atoms with Crippen LogP contribution in [-0.4, -0.2) is 34.6 Å². The van der Waals surface area contributed by atoms with E-state index < -0.39 is 23.6 Å². The summed E-state index contributed by atoms with van der Waals surface area (Å²) in [6, 6.07) is 17.8. The Bertz CT molecular complexity index is 1970. The number of aromatic amines is 1. The van der Waals surface area contributed by atoms with Gasteiger partial charge in [-0.2, -0.15) is 0 Å². The SMILES string of the molecule is O=C(COc1ccc(Cl)cc1[C@@H]1c2sc(=O)[nH]c2S[C@@H]2[C@@H]3C[C@@H]([C@@H]4C(=O)N(c5ccc(Br)cc5)C(=O)[C@@H]34)[C@H]12)Nc1ccc(F)cc1. The Morgan fingerprint density at radius 1 is 1.02 bits per heavy atom. The van der Waals surface area contributed by atoms with Gasteiger partial charge in [0.15, 0.2) is 6.61 Å². The zero-order valence-corrected chi connectivity index (χ0v) is 27.7. The highest BCUT2D eigenvalue weighted by atomic mass is 79.9. The number of amides is 3. The van der Waals surface area contributed by atoms with Crippen molar-refractivity contribution in [2.75, 3.05) is 16.8 Å². The number of rotatable bonds is 6. The summed E-state index contributed by atoms with van der Waals surface area (Å²) in [7, 11) is 0. The Labute approximate surface area is 283 Å². The Morgan fingerprint density at radius 2 is 1.74 bits per heavy atom. The van der Waals surface area contributed by atoms with Crippen molar-refractivity contribution in [3.63, 3.8) is 0 Å². The summed E-state index contributed by atoms with van der Waals surface area (Å²) in [5.74, 6) is -2.21. The number of benzene rings is 3. The predicted octanol–water partition coefficient (Wildman–Crippen LogP) is 6.69. The highest BCUT2D eigenvalue weighted by Gasteiger charge is 2.69. The molecule has 0 spiro atoms. The topological polar surface area (TPSA) is 109 Å². The second-order valence-electron chi connectivity index (χ2n) is 12.0. The van der Waals surface area contributed by atoms with Gasteiger partial charge in [0.05, 0.1) is 22.5 Å². The highest BCUT2D eigenvalue weighted by Crippen LogP contribution is 2.69. The standard InChI is InChI=1S/C33H24BrClFN3O5S2/c34-14-1-8-18(9-2-14)39-31(41)26-20-12-21(27(26)32(39)42)28-25(20)24(29-30(45-28)38-33(43)46-29)19-11-15(35)3-10-22(19)44-13-23(40)37-17-6-4-16(36)5-7-17/h1-11,20-21,24-28H,12-13H2,(H,37,40)(H,38,43)/t20-,21-,24+,25-,26+,27+,28-/m1/s1. The van der Waals surface area contributed by atoms with Crippen LogP contribution in [0, 0.1) is 35.4 Å². The first kappa shape index (κ1) is 29.9. The molecule has 234 valence electrons. The molecule has 3 fully saturated rings. The fourth-order valence-electron chi connectivity index (χ4n) is 7.98. The minimum absolute atomic E-state index is 0.0239. The molecule has 8 rings (SSSR count). The van der Waals surface area contributed by atoms with Gasteiger partial charge in [-0.25, -0.2) is 4.39 Å². The second-order valence-corrected chi connectivity index (χ2v) is 15.5. The minimum Gasteiger partial charge on any atom is -0.483 e. The maximum atomic E-state index is 14.0. The van der Waals surface area contributed by atoms with E-state index in [9.17, 15) is 23.6 Å². The number of hydrogen-bond acceptors (Lipinski definition) is 7. The van der Waals surface area contributed by atoms with Crippen molar-refractivity contribution >= 4 is 79.7 Å². The number of thiazole rings is 1. The molecule has 46 heavy (non-hydrogen) atoms. The van der Waals surface area contributed by atoms with E-state index in [-0.39, 0.29) is 52.2 Å². The van der Waals surface area contributed by atoms with Gasteiger partial charge in [0.2, 0.25) is 11.8 Å². The molecule has 7 atom stereocenters. The molecule has 2 aliphatic heterocycles.